The highest BCUT2D eigenvalue weighted by Crippen LogP contribution is 2.35. The molecule has 8 heteroatoms. The molecule has 1 saturated heterocycles. The van der Waals surface area contributed by atoms with E-state index in [9.17, 15) is 18.0 Å². The quantitative estimate of drug-likeness (QED) is 0.761. The average Bonchev–Trinajstić information content (AvgIpc) is 3.14. The SMILES string of the molecule is CCOC(=O)c1cnn(Cc2ccc(N3CC(C)C(F)(F)C3)cc2F)c1. The fourth-order valence-corrected chi connectivity index (χ4v) is 2.94. The summed E-state index contributed by atoms with van der Waals surface area (Å²) in [6.07, 6.45) is 2.84. The molecule has 0 N–H and O–H groups in total. The van der Waals surface area contributed by atoms with Crippen LogP contribution in [-0.2, 0) is 11.3 Å². The maximum atomic E-state index is 14.4. The first-order valence-electron chi connectivity index (χ1n) is 8.41. The van der Waals surface area contributed by atoms with Crippen molar-refractivity contribution in [3.8, 4) is 0 Å². The van der Waals surface area contributed by atoms with Gasteiger partial charge in [-0.2, -0.15) is 5.10 Å². The van der Waals surface area contributed by atoms with Gasteiger partial charge in [0.15, 0.2) is 0 Å². The zero-order valence-corrected chi connectivity index (χ0v) is 14.6. The van der Waals surface area contributed by atoms with E-state index in [0.29, 0.717) is 11.3 Å². The van der Waals surface area contributed by atoms with Crippen molar-refractivity contribution >= 4 is 11.7 Å². The number of ether oxygens (including phenoxy) is 1. The van der Waals surface area contributed by atoms with E-state index in [4.69, 9.17) is 4.74 Å². The summed E-state index contributed by atoms with van der Waals surface area (Å²) in [5, 5.41) is 4.02. The monoisotopic (exact) mass is 367 g/mol. The molecule has 1 atom stereocenters. The van der Waals surface area contributed by atoms with E-state index in [1.54, 1.807) is 19.1 Å². The van der Waals surface area contributed by atoms with Gasteiger partial charge in [-0.15, -0.1) is 0 Å². The number of carbonyl (C=O) groups is 1. The smallest absolute Gasteiger partial charge is 0.341 e. The second-order valence-electron chi connectivity index (χ2n) is 6.47. The van der Waals surface area contributed by atoms with Crippen LogP contribution in [0.15, 0.2) is 30.6 Å². The molecule has 140 valence electrons. The van der Waals surface area contributed by atoms with Gasteiger partial charge in [0.05, 0.1) is 31.5 Å². The van der Waals surface area contributed by atoms with Crippen molar-refractivity contribution in [3.05, 3.63) is 47.5 Å². The van der Waals surface area contributed by atoms with Gasteiger partial charge in [-0.25, -0.2) is 18.0 Å². The van der Waals surface area contributed by atoms with Crippen molar-refractivity contribution in [1.82, 2.24) is 9.78 Å². The second kappa shape index (κ2) is 7.01. The molecule has 1 aliphatic heterocycles. The number of benzene rings is 1. The van der Waals surface area contributed by atoms with Crippen LogP contribution in [0.1, 0.15) is 29.8 Å². The predicted molar refractivity (Wildman–Crippen MR) is 90.0 cm³/mol. The molecule has 1 aliphatic rings. The van der Waals surface area contributed by atoms with Crippen molar-refractivity contribution in [2.24, 2.45) is 5.92 Å². The lowest BCUT2D eigenvalue weighted by Crippen LogP contribution is -2.26. The number of nitrogens with zero attached hydrogens (tertiary/aromatic N) is 3. The number of carbonyl (C=O) groups excluding carboxylic acids is 1. The van der Waals surface area contributed by atoms with Crippen molar-refractivity contribution in [2.75, 3.05) is 24.6 Å². The van der Waals surface area contributed by atoms with Crippen LogP contribution in [-0.4, -0.2) is 41.4 Å². The number of rotatable bonds is 5. The fourth-order valence-electron chi connectivity index (χ4n) is 2.94. The number of alkyl halides is 2. The second-order valence-corrected chi connectivity index (χ2v) is 6.47. The Bertz CT molecular complexity index is 807. The molecule has 0 saturated carbocycles. The van der Waals surface area contributed by atoms with E-state index < -0.39 is 30.2 Å². The molecule has 2 aromatic rings. The molecule has 1 fully saturated rings. The minimum Gasteiger partial charge on any atom is -0.462 e. The summed E-state index contributed by atoms with van der Waals surface area (Å²) >= 11 is 0. The highest BCUT2D eigenvalue weighted by atomic mass is 19.3. The summed E-state index contributed by atoms with van der Waals surface area (Å²) in [4.78, 5) is 13.1. The van der Waals surface area contributed by atoms with E-state index in [0.717, 1.165) is 0 Å². The Kier molecular flexibility index (Phi) is 4.93. The van der Waals surface area contributed by atoms with Crippen LogP contribution < -0.4 is 4.90 Å². The summed E-state index contributed by atoms with van der Waals surface area (Å²) in [6.45, 7) is 3.36. The van der Waals surface area contributed by atoms with Gasteiger partial charge in [-0.05, 0) is 19.1 Å². The lowest BCUT2D eigenvalue weighted by atomic mass is 10.1. The highest BCUT2D eigenvalue weighted by Gasteiger charge is 2.45. The third-order valence-electron chi connectivity index (χ3n) is 4.50. The molecule has 0 bridgehead atoms. The lowest BCUT2D eigenvalue weighted by Gasteiger charge is -2.19. The number of hydrogen-bond acceptors (Lipinski definition) is 4. The molecule has 0 amide bonds. The van der Waals surface area contributed by atoms with E-state index in [-0.39, 0.29) is 25.3 Å². The Morgan fingerprint density at radius 2 is 2.19 bits per heavy atom. The van der Waals surface area contributed by atoms with Crippen LogP contribution in [0.25, 0.3) is 0 Å². The van der Waals surface area contributed by atoms with Gasteiger partial charge in [0.2, 0.25) is 0 Å². The number of anilines is 1. The van der Waals surface area contributed by atoms with Crippen LogP contribution in [0, 0.1) is 11.7 Å². The number of aromatic nitrogens is 2. The van der Waals surface area contributed by atoms with Gasteiger partial charge in [0.25, 0.3) is 5.92 Å². The summed E-state index contributed by atoms with van der Waals surface area (Å²) in [7, 11) is 0. The lowest BCUT2D eigenvalue weighted by molar-refractivity contribution is -0.0137. The molecule has 3 rings (SSSR count). The van der Waals surface area contributed by atoms with Gasteiger partial charge in [0, 0.05) is 29.9 Å². The van der Waals surface area contributed by atoms with Gasteiger partial charge in [0.1, 0.15) is 5.82 Å². The summed E-state index contributed by atoms with van der Waals surface area (Å²) < 4.78 is 48.1. The highest BCUT2D eigenvalue weighted by molar-refractivity contribution is 5.88. The van der Waals surface area contributed by atoms with E-state index >= 15 is 0 Å². The summed E-state index contributed by atoms with van der Waals surface area (Å²) in [5.74, 6) is -4.53. The van der Waals surface area contributed by atoms with E-state index in [1.165, 1.54) is 35.0 Å². The number of hydrogen-bond donors (Lipinski definition) is 0. The molecule has 1 unspecified atom stereocenters. The third-order valence-corrected chi connectivity index (χ3v) is 4.50. The Hall–Kier alpha value is -2.51. The minimum absolute atomic E-state index is 0.123. The van der Waals surface area contributed by atoms with Crippen LogP contribution in [0.4, 0.5) is 18.9 Å². The van der Waals surface area contributed by atoms with Gasteiger partial charge >= 0.3 is 5.97 Å². The molecule has 5 nitrogen and oxygen atoms in total. The molecular formula is C18H20F3N3O2. The average molecular weight is 367 g/mol. The van der Waals surface area contributed by atoms with Gasteiger partial charge < -0.3 is 9.64 Å². The molecule has 0 aliphatic carbocycles. The Balaban J connectivity index is 1.72. The zero-order valence-electron chi connectivity index (χ0n) is 14.6. The zero-order chi connectivity index (χ0) is 18.9. The predicted octanol–water partition coefficient (Wildman–Crippen LogP) is 3.34. The largest absolute Gasteiger partial charge is 0.462 e. The minimum atomic E-state index is -2.77. The number of esters is 1. The number of halogens is 3. The summed E-state index contributed by atoms with van der Waals surface area (Å²) in [6, 6.07) is 4.44. The van der Waals surface area contributed by atoms with E-state index in [2.05, 4.69) is 5.10 Å². The Morgan fingerprint density at radius 3 is 2.81 bits per heavy atom. The maximum absolute atomic E-state index is 14.4. The van der Waals surface area contributed by atoms with Crippen molar-refractivity contribution in [2.45, 2.75) is 26.3 Å². The first-order valence-corrected chi connectivity index (χ1v) is 8.41. The van der Waals surface area contributed by atoms with Crippen LogP contribution >= 0.6 is 0 Å². The molecule has 26 heavy (non-hydrogen) atoms. The first-order chi connectivity index (χ1) is 12.3. The first kappa shape index (κ1) is 18.3. The molecule has 2 heterocycles. The van der Waals surface area contributed by atoms with Crippen LogP contribution in [0.2, 0.25) is 0 Å². The topological polar surface area (TPSA) is 47.4 Å². The molecule has 0 radical (unpaired) electrons. The Labute approximate surface area is 149 Å². The fraction of sp³-hybridized carbons (Fsp3) is 0.444. The molecular weight excluding hydrogens is 347 g/mol. The van der Waals surface area contributed by atoms with Crippen LogP contribution in [0.3, 0.4) is 0 Å². The van der Waals surface area contributed by atoms with Gasteiger partial charge in [-0.3, -0.25) is 4.68 Å². The summed E-state index contributed by atoms with van der Waals surface area (Å²) in [5.41, 5.74) is 1.08. The molecule has 1 aromatic heterocycles. The molecule has 0 spiro atoms. The third kappa shape index (κ3) is 3.68. The maximum Gasteiger partial charge on any atom is 0.341 e. The Morgan fingerprint density at radius 1 is 1.42 bits per heavy atom. The van der Waals surface area contributed by atoms with E-state index in [1.807, 2.05) is 0 Å². The van der Waals surface area contributed by atoms with Crippen molar-refractivity contribution < 1.29 is 22.7 Å². The normalized spacial score (nSPS) is 19.0. The van der Waals surface area contributed by atoms with Gasteiger partial charge in [-0.1, -0.05) is 13.0 Å². The van der Waals surface area contributed by atoms with Crippen molar-refractivity contribution in [3.63, 3.8) is 0 Å². The van der Waals surface area contributed by atoms with Crippen molar-refractivity contribution in [1.29, 1.82) is 0 Å². The standard InChI is InChI=1S/C18H20F3N3O2/c1-3-26-17(25)14-7-22-24(10-14)9-13-4-5-15(6-16(13)19)23-8-12(2)18(20,21)11-23/h4-7,10,12H,3,8-9,11H2,1-2H3. The van der Waals surface area contributed by atoms with Crippen LogP contribution in [0.5, 0.6) is 0 Å². The molecule has 1 aromatic carbocycles.